The number of nitrogens with one attached hydrogen (secondary N) is 2. The van der Waals surface area contributed by atoms with Crippen LogP contribution in [0.3, 0.4) is 0 Å². The van der Waals surface area contributed by atoms with E-state index in [1.165, 1.54) is 0 Å². The number of anilines is 3. The van der Waals surface area contributed by atoms with Crippen LogP contribution in [0.15, 0.2) is 12.3 Å². The van der Waals surface area contributed by atoms with Gasteiger partial charge in [0.15, 0.2) is 5.82 Å². The van der Waals surface area contributed by atoms with Gasteiger partial charge in [0.1, 0.15) is 5.82 Å². The lowest BCUT2D eigenvalue weighted by atomic mass is 10.3. The number of halogens is 2. The third-order valence-electron chi connectivity index (χ3n) is 2.74. The Hall–Kier alpha value is -1.46. The lowest BCUT2D eigenvalue weighted by molar-refractivity contribution is 0.756. The molecule has 0 aliphatic rings. The van der Waals surface area contributed by atoms with Gasteiger partial charge in [-0.2, -0.15) is 5.10 Å². The lowest BCUT2D eigenvalue weighted by Crippen LogP contribution is -2.05. The van der Waals surface area contributed by atoms with E-state index in [0.717, 1.165) is 24.3 Å². The molecule has 0 bridgehead atoms. The topological polar surface area (TPSA) is 54.8 Å². The molecule has 2 rings (SSSR count). The number of rotatable bonds is 5. The van der Waals surface area contributed by atoms with E-state index < -0.39 is 0 Å². The van der Waals surface area contributed by atoms with E-state index in [0.29, 0.717) is 21.7 Å². The van der Waals surface area contributed by atoms with Crippen molar-refractivity contribution in [2.24, 2.45) is 7.05 Å². The molecule has 7 heteroatoms. The average Bonchev–Trinajstić information content (AvgIpc) is 2.69. The van der Waals surface area contributed by atoms with Crippen molar-refractivity contribution in [3.8, 4) is 0 Å². The molecule has 2 heterocycles. The minimum atomic E-state index is 0.473. The molecule has 5 nitrogen and oxygen atoms in total. The Morgan fingerprint density at radius 2 is 1.95 bits per heavy atom. The molecule has 2 aromatic heterocycles. The summed E-state index contributed by atoms with van der Waals surface area (Å²) >= 11 is 12.3. The lowest BCUT2D eigenvalue weighted by Gasteiger charge is -2.11. The molecule has 0 radical (unpaired) electrons. The van der Waals surface area contributed by atoms with Crippen molar-refractivity contribution >= 4 is 40.5 Å². The number of hydrogen-bond acceptors (Lipinski definition) is 4. The molecule has 0 aromatic carbocycles. The van der Waals surface area contributed by atoms with E-state index in [2.05, 4.69) is 27.6 Å². The van der Waals surface area contributed by atoms with Crippen molar-refractivity contribution in [3.05, 3.63) is 28.0 Å². The standard InChI is InChI=1S/C13H17Cl2N5/c1-4-5-16-12-9(14)6-10(15)13(18-12)17-11-7-20(3)19-8(11)2/h6-7H,4-5H2,1-3H3,(H2,16,17,18). The van der Waals surface area contributed by atoms with Crippen LogP contribution in [0.2, 0.25) is 10.0 Å². The molecule has 0 saturated heterocycles. The van der Waals surface area contributed by atoms with Gasteiger partial charge < -0.3 is 10.6 Å². The second-order valence-corrected chi connectivity index (χ2v) is 5.32. The second-order valence-electron chi connectivity index (χ2n) is 4.50. The fraction of sp³-hybridized carbons (Fsp3) is 0.385. The van der Waals surface area contributed by atoms with Gasteiger partial charge in [0.2, 0.25) is 0 Å². The highest BCUT2D eigenvalue weighted by atomic mass is 35.5. The zero-order valence-electron chi connectivity index (χ0n) is 11.7. The molecule has 0 unspecified atom stereocenters. The average molecular weight is 314 g/mol. The van der Waals surface area contributed by atoms with Crippen LogP contribution in [0.1, 0.15) is 19.0 Å². The highest BCUT2D eigenvalue weighted by Crippen LogP contribution is 2.31. The van der Waals surface area contributed by atoms with Gasteiger partial charge in [-0.15, -0.1) is 0 Å². The number of nitrogens with zero attached hydrogens (tertiary/aromatic N) is 3. The van der Waals surface area contributed by atoms with Gasteiger partial charge in [-0.25, -0.2) is 4.98 Å². The van der Waals surface area contributed by atoms with Crippen molar-refractivity contribution in [2.45, 2.75) is 20.3 Å². The van der Waals surface area contributed by atoms with Gasteiger partial charge in [0, 0.05) is 19.8 Å². The molecule has 20 heavy (non-hydrogen) atoms. The summed E-state index contributed by atoms with van der Waals surface area (Å²) in [6.45, 7) is 4.80. The number of hydrogen-bond donors (Lipinski definition) is 2. The van der Waals surface area contributed by atoms with Crippen LogP contribution in [0, 0.1) is 6.92 Å². The monoisotopic (exact) mass is 313 g/mol. The Kier molecular flexibility index (Phi) is 4.73. The van der Waals surface area contributed by atoms with Crippen LogP contribution in [-0.2, 0) is 7.05 Å². The summed E-state index contributed by atoms with van der Waals surface area (Å²) in [5.41, 5.74) is 1.74. The van der Waals surface area contributed by atoms with Crippen LogP contribution in [-0.4, -0.2) is 21.3 Å². The normalized spacial score (nSPS) is 10.7. The van der Waals surface area contributed by atoms with Crippen molar-refractivity contribution in [3.63, 3.8) is 0 Å². The number of aryl methyl sites for hydroxylation is 2. The van der Waals surface area contributed by atoms with Crippen molar-refractivity contribution in [2.75, 3.05) is 17.2 Å². The SMILES string of the molecule is CCCNc1nc(Nc2cn(C)nc2C)c(Cl)cc1Cl. The number of pyridine rings is 1. The van der Waals surface area contributed by atoms with Crippen LogP contribution < -0.4 is 10.6 Å². The molecule has 2 aromatic rings. The molecule has 0 spiro atoms. The van der Waals surface area contributed by atoms with Gasteiger partial charge in [-0.05, 0) is 19.4 Å². The molecule has 0 aliphatic carbocycles. The summed E-state index contributed by atoms with van der Waals surface area (Å²) in [5, 5.41) is 11.6. The molecular weight excluding hydrogens is 297 g/mol. The van der Waals surface area contributed by atoms with Gasteiger partial charge in [0.25, 0.3) is 0 Å². The van der Waals surface area contributed by atoms with Gasteiger partial charge in [0.05, 0.1) is 21.4 Å². The quantitative estimate of drug-likeness (QED) is 0.876. The zero-order valence-corrected chi connectivity index (χ0v) is 13.2. The van der Waals surface area contributed by atoms with Gasteiger partial charge in [-0.3, -0.25) is 4.68 Å². The zero-order chi connectivity index (χ0) is 14.7. The van der Waals surface area contributed by atoms with Crippen LogP contribution >= 0.6 is 23.2 Å². The van der Waals surface area contributed by atoms with Crippen LogP contribution in [0.4, 0.5) is 17.3 Å². The summed E-state index contributed by atoms with van der Waals surface area (Å²) in [6, 6.07) is 1.68. The van der Waals surface area contributed by atoms with Gasteiger partial charge in [-0.1, -0.05) is 30.1 Å². The summed E-state index contributed by atoms with van der Waals surface area (Å²) in [7, 11) is 1.86. The minimum absolute atomic E-state index is 0.473. The second kappa shape index (κ2) is 6.33. The first-order valence-electron chi connectivity index (χ1n) is 6.38. The smallest absolute Gasteiger partial charge is 0.151 e. The largest absolute Gasteiger partial charge is 0.369 e. The molecular formula is C13H17Cl2N5. The maximum Gasteiger partial charge on any atom is 0.151 e. The fourth-order valence-corrected chi connectivity index (χ4v) is 2.24. The third-order valence-corrected chi connectivity index (χ3v) is 3.31. The van der Waals surface area contributed by atoms with E-state index in [4.69, 9.17) is 23.2 Å². The summed E-state index contributed by atoms with van der Waals surface area (Å²) < 4.78 is 1.73. The van der Waals surface area contributed by atoms with Crippen LogP contribution in [0.25, 0.3) is 0 Å². The Balaban J connectivity index is 2.29. The Bertz CT molecular complexity index is 609. The predicted molar refractivity (Wildman–Crippen MR) is 84.3 cm³/mol. The first-order chi connectivity index (χ1) is 9.51. The molecule has 2 N–H and O–H groups in total. The fourth-order valence-electron chi connectivity index (χ4n) is 1.77. The summed E-state index contributed by atoms with van der Waals surface area (Å²) in [5.74, 6) is 1.19. The molecule has 0 atom stereocenters. The Morgan fingerprint density at radius 3 is 2.55 bits per heavy atom. The van der Waals surface area contributed by atoms with Crippen molar-refractivity contribution in [1.82, 2.24) is 14.8 Å². The third kappa shape index (κ3) is 3.35. The number of aromatic nitrogens is 3. The summed E-state index contributed by atoms with van der Waals surface area (Å²) in [4.78, 5) is 4.43. The van der Waals surface area contributed by atoms with Crippen molar-refractivity contribution < 1.29 is 0 Å². The minimum Gasteiger partial charge on any atom is -0.369 e. The van der Waals surface area contributed by atoms with Crippen LogP contribution in [0.5, 0.6) is 0 Å². The molecule has 0 fully saturated rings. The Labute approximate surface area is 128 Å². The van der Waals surface area contributed by atoms with E-state index in [9.17, 15) is 0 Å². The maximum atomic E-state index is 6.18. The Morgan fingerprint density at radius 1 is 1.25 bits per heavy atom. The van der Waals surface area contributed by atoms with Gasteiger partial charge >= 0.3 is 0 Å². The first kappa shape index (κ1) is 14.9. The van der Waals surface area contributed by atoms with Crippen molar-refractivity contribution in [1.29, 1.82) is 0 Å². The maximum absolute atomic E-state index is 6.18. The van der Waals surface area contributed by atoms with E-state index in [1.807, 2.05) is 20.2 Å². The highest BCUT2D eigenvalue weighted by molar-refractivity contribution is 6.37. The molecule has 0 saturated carbocycles. The highest BCUT2D eigenvalue weighted by Gasteiger charge is 2.11. The van der Waals surface area contributed by atoms with E-state index in [1.54, 1.807) is 10.7 Å². The molecule has 0 aliphatic heterocycles. The van der Waals surface area contributed by atoms with E-state index >= 15 is 0 Å². The first-order valence-corrected chi connectivity index (χ1v) is 7.14. The molecule has 0 amide bonds. The molecule has 108 valence electrons. The summed E-state index contributed by atoms with van der Waals surface area (Å²) in [6.07, 6.45) is 2.87. The van der Waals surface area contributed by atoms with E-state index in [-0.39, 0.29) is 0 Å². The predicted octanol–water partition coefficient (Wildman–Crippen LogP) is 4.00.